The highest BCUT2D eigenvalue weighted by atomic mass is 16.5. The molecule has 6 nitrogen and oxygen atoms in total. The summed E-state index contributed by atoms with van der Waals surface area (Å²) in [7, 11) is 0. The fraction of sp³-hybridized carbons (Fsp3) is 0.455. The molecule has 0 aliphatic carbocycles. The van der Waals surface area contributed by atoms with Crippen LogP contribution >= 0.6 is 0 Å². The number of ether oxygens (including phenoxy) is 4. The first kappa shape index (κ1) is 18.9. The molecule has 0 amide bonds. The Balaban J connectivity index is 1.65. The monoisotopic (exact) mass is 384 g/mol. The lowest BCUT2D eigenvalue weighted by molar-refractivity contribution is 0.122. The molecule has 2 aromatic carbocycles. The van der Waals surface area contributed by atoms with E-state index in [0.29, 0.717) is 39.6 Å². The highest BCUT2D eigenvalue weighted by molar-refractivity contribution is 5.59. The van der Waals surface area contributed by atoms with Crippen LogP contribution < -0.4 is 19.3 Å². The summed E-state index contributed by atoms with van der Waals surface area (Å²) in [6.45, 7) is 6.86. The van der Waals surface area contributed by atoms with Gasteiger partial charge in [-0.3, -0.25) is 0 Å². The van der Waals surface area contributed by atoms with Crippen LogP contribution in [0.25, 0.3) is 0 Å². The Bertz CT molecular complexity index is 679. The number of anilines is 2. The van der Waals surface area contributed by atoms with Crippen LogP contribution in [-0.4, -0.2) is 65.8 Å². The van der Waals surface area contributed by atoms with Crippen molar-refractivity contribution in [1.29, 1.82) is 0 Å². The van der Waals surface area contributed by atoms with E-state index in [0.717, 1.165) is 49.1 Å². The molecule has 0 unspecified atom stereocenters. The van der Waals surface area contributed by atoms with Crippen LogP contribution in [0.4, 0.5) is 11.4 Å². The topological polar surface area (TPSA) is 43.4 Å². The van der Waals surface area contributed by atoms with Crippen molar-refractivity contribution in [1.82, 2.24) is 0 Å². The van der Waals surface area contributed by atoms with Gasteiger partial charge in [-0.1, -0.05) is 24.3 Å². The van der Waals surface area contributed by atoms with Crippen molar-refractivity contribution in [3.8, 4) is 11.5 Å². The number of hydrogen-bond acceptors (Lipinski definition) is 6. The number of fused-ring (bicyclic) bond motifs is 11. The average Bonchev–Trinajstić information content (AvgIpc) is 2.73. The molecule has 3 aliphatic rings. The highest BCUT2D eigenvalue weighted by Crippen LogP contribution is 2.30. The van der Waals surface area contributed by atoms with E-state index in [2.05, 4.69) is 21.9 Å². The molecule has 0 aromatic heterocycles. The van der Waals surface area contributed by atoms with E-state index in [1.54, 1.807) is 0 Å². The first-order valence-electron chi connectivity index (χ1n) is 10.0. The molecule has 0 radical (unpaired) electrons. The van der Waals surface area contributed by atoms with Crippen molar-refractivity contribution in [2.45, 2.75) is 0 Å². The van der Waals surface area contributed by atoms with E-state index < -0.39 is 0 Å². The second-order valence-electron chi connectivity index (χ2n) is 6.83. The molecule has 1 saturated heterocycles. The summed E-state index contributed by atoms with van der Waals surface area (Å²) < 4.78 is 24.1. The SMILES string of the molecule is c1ccc2c(c1)OCCOc1ccccc1N1CCOCCN2CCOCC1. The zero-order chi connectivity index (χ0) is 19.0. The smallest absolute Gasteiger partial charge is 0.142 e. The zero-order valence-corrected chi connectivity index (χ0v) is 16.2. The van der Waals surface area contributed by atoms with Crippen molar-refractivity contribution in [3.05, 3.63) is 48.5 Å². The predicted molar refractivity (Wildman–Crippen MR) is 110 cm³/mol. The van der Waals surface area contributed by atoms with Crippen molar-refractivity contribution >= 4 is 11.4 Å². The maximum atomic E-state index is 6.07. The Labute approximate surface area is 166 Å². The van der Waals surface area contributed by atoms with Gasteiger partial charge in [0.25, 0.3) is 0 Å². The fourth-order valence-electron chi connectivity index (χ4n) is 3.59. The second kappa shape index (κ2) is 9.66. The zero-order valence-electron chi connectivity index (χ0n) is 16.2. The molecule has 0 spiro atoms. The van der Waals surface area contributed by atoms with Crippen LogP contribution in [0.1, 0.15) is 0 Å². The Kier molecular flexibility index (Phi) is 6.52. The lowest BCUT2D eigenvalue weighted by Gasteiger charge is -2.29. The molecule has 150 valence electrons. The first-order chi connectivity index (χ1) is 13.9. The van der Waals surface area contributed by atoms with Crippen molar-refractivity contribution < 1.29 is 18.9 Å². The first-order valence-corrected chi connectivity index (χ1v) is 10.0. The van der Waals surface area contributed by atoms with Gasteiger partial charge in [-0.15, -0.1) is 0 Å². The third-order valence-electron chi connectivity index (χ3n) is 5.03. The standard InChI is InChI=1S/C22H28N2O4/c1-3-7-21-19(5-1)23-9-13-25-15-11-24(12-16-26-14-10-23)20-6-2-4-8-22(20)28-18-17-27-21/h1-8H,9-18H2. The largest absolute Gasteiger partial charge is 0.488 e. The number of nitrogens with zero attached hydrogens (tertiary/aromatic N) is 2. The van der Waals surface area contributed by atoms with Crippen LogP contribution in [-0.2, 0) is 9.47 Å². The summed E-state index contributed by atoms with van der Waals surface area (Å²) in [6.07, 6.45) is 0. The van der Waals surface area contributed by atoms with Gasteiger partial charge >= 0.3 is 0 Å². The summed E-state index contributed by atoms with van der Waals surface area (Å²) >= 11 is 0. The molecule has 3 heterocycles. The summed E-state index contributed by atoms with van der Waals surface area (Å²) in [4.78, 5) is 4.56. The van der Waals surface area contributed by atoms with E-state index in [-0.39, 0.29) is 0 Å². The summed E-state index contributed by atoms with van der Waals surface area (Å²) in [5.74, 6) is 1.73. The minimum absolute atomic E-state index is 0.492. The lowest BCUT2D eigenvalue weighted by atomic mass is 10.2. The van der Waals surface area contributed by atoms with Crippen molar-refractivity contribution in [2.75, 3.05) is 75.6 Å². The van der Waals surface area contributed by atoms with Crippen LogP contribution in [0.5, 0.6) is 11.5 Å². The fourth-order valence-corrected chi connectivity index (χ4v) is 3.59. The van der Waals surface area contributed by atoms with Gasteiger partial charge in [-0.25, -0.2) is 0 Å². The molecule has 3 aliphatic heterocycles. The number of hydrogen-bond donors (Lipinski definition) is 0. The molecule has 6 heteroatoms. The highest BCUT2D eigenvalue weighted by Gasteiger charge is 2.16. The molecular formula is C22H28N2O4. The maximum Gasteiger partial charge on any atom is 0.142 e. The van der Waals surface area contributed by atoms with Gasteiger partial charge in [0.1, 0.15) is 24.7 Å². The van der Waals surface area contributed by atoms with E-state index in [9.17, 15) is 0 Å². The normalized spacial score (nSPS) is 18.9. The number of para-hydroxylation sites is 4. The molecule has 28 heavy (non-hydrogen) atoms. The van der Waals surface area contributed by atoms with Crippen molar-refractivity contribution in [2.24, 2.45) is 0 Å². The maximum absolute atomic E-state index is 6.07. The Hall–Kier alpha value is -2.44. The molecule has 0 N–H and O–H groups in total. The van der Waals surface area contributed by atoms with Gasteiger partial charge in [0.05, 0.1) is 37.8 Å². The molecule has 2 aromatic rings. The van der Waals surface area contributed by atoms with Crippen LogP contribution in [0.3, 0.4) is 0 Å². The van der Waals surface area contributed by atoms with E-state index >= 15 is 0 Å². The quantitative estimate of drug-likeness (QED) is 0.696. The molecule has 1 fully saturated rings. The third-order valence-corrected chi connectivity index (χ3v) is 5.03. The van der Waals surface area contributed by atoms with E-state index in [4.69, 9.17) is 18.9 Å². The van der Waals surface area contributed by atoms with E-state index in [1.807, 2.05) is 36.4 Å². The van der Waals surface area contributed by atoms with Gasteiger partial charge in [0.2, 0.25) is 0 Å². The van der Waals surface area contributed by atoms with E-state index in [1.165, 1.54) is 0 Å². The van der Waals surface area contributed by atoms with Gasteiger partial charge in [0.15, 0.2) is 0 Å². The Morgan fingerprint density at radius 2 is 0.893 bits per heavy atom. The summed E-state index contributed by atoms with van der Waals surface area (Å²) in [5.41, 5.74) is 2.15. The average molecular weight is 384 g/mol. The van der Waals surface area contributed by atoms with Gasteiger partial charge in [0, 0.05) is 26.2 Å². The Morgan fingerprint density at radius 3 is 1.32 bits per heavy atom. The minimum Gasteiger partial charge on any atom is -0.488 e. The molecule has 2 bridgehead atoms. The van der Waals surface area contributed by atoms with Crippen LogP contribution in [0.15, 0.2) is 48.5 Å². The third kappa shape index (κ3) is 4.69. The van der Waals surface area contributed by atoms with Crippen LogP contribution in [0, 0.1) is 0 Å². The summed E-state index contributed by atoms with van der Waals surface area (Å²) in [5, 5.41) is 0. The summed E-state index contributed by atoms with van der Waals surface area (Å²) in [6, 6.07) is 16.3. The molecule has 0 atom stereocenters. The van der Waals surface area contributed by atoms with Gasteiger partial charge in [-0.05, 0) is 24.3 Å². The lowest BCUT2D eigenvalue weighted by Crippen LogP contribution is -2.36. The molecule has 5 rings (SSSR count). The van der Waals surface area contributed by atoms with Gasteiger partial charge in [-0.2, -0.15) is 0 Å². The van der Waals surface area contributed by atoms with Crippen LogP contribution in [0.2, 0.25) is 0 Å². The Morgan fingerprint density at radius 1 is 0.500 bits per heavy atom. The van der Waals surface area contributed by atoms with Crippen molar-refractivity contribution in [3.63, 3.8) is 0 Å². The second-order valence-corrected chi connectivity index (χ2v) is 6.83. The molecular weight excluding hydrogens is 356 g/mol. The van der Waals surface area contributed by atoms with Gasteiger partial charge < -0.3 is 28.7 Å². The number of rotatable bonds is 0. The minimum atomic E-state index is 0.492. The number of benzene rings is 2. The molecule has 0 saturated carbocycles. The predicted octanol–water partition coefficient (Wildman–Crippen LogP) is 2.82.